The van der Waals surface area contributed by atoms with E-state index in [1.165, 1.54) is 7.11 Å². The zero-order chi connectivity index (χ0) is 20.4. The largest absolute Gasteiger partial charge is 0.496 e. The fourth-order valence-corrected chi connectivity index (χ4v) is 2.53. The van der Waals surface area contributed by atoms with E-state index in [9.17, 15) is 9.59 Å². The lowest BCUT2D eigenvalue weighted by molar-refractivity contribution is 0.0706. The van der Waals surface area contributed by atoms with Crippen LogP contribution in [0.5, 0.6) is 11.5 Å². The maximum Gasteiger partial charge on any atom is 0.274 e. The minimum Gasteiger partial charge on any atom is -0.496 e. The standard InChI is InChI=1S/C21H24N2O5/c1-3-5-15-6-11-19(27-2)18(14-15)21(25)22-12-4-13-28-17-9-7-16(8-10-17)20(24)23-26/h3,5-11,14,26H,4,12-13H2,1-2H3,(H,22,25)(H,23,24). The predicted octanol–water partition coefficient (Wildman–Crippen LogP) is 3.05. The van der Waals surface area contributed by atoms with Gasteiger partial charge in [0.05, 0.1) is 19.3 Å². The highest BCUT2D eigenvalue weighted by Crippen LogP contribution is 2.20. The van der Waals surface area contributed by atoms with Crippen LogP contribution in [0.3, 0.4) is 0 Å². The first kappa shape index (κ1) is 21.0. The second-order valence-electron chi connectivity index (χ2n) is 5.88. The third-order valence-corrected chi connectivity index (χ3v) is 3.92. The number of hydrogen-bond donors (Lipinski definition) is 3. The number of benzene rings is 2. The van der Waals surface area contributed by atoms with Crippen LogP contribution in [0.15, 0.2) is 48.5 Å². The molecule has 0 aliphatic carbocycles. The van der Waals surface area contributed by atoms with Gasteiger partial charge in [0, 0.05) is 12.1 Å². The Balaban J connectivity index is 1.81. The number of rotatable bonds is 9. The molecule has 28 heavy (non-hydrogen) atoms. The van der Waals surface area contributed by atoms with Gasteiger partial charge in [-0.3, -0.25) is 14.8 Å². The number of carbonyl (C=O) groups is 2. The SMILES string of the molecule is CC=Cc1ccc(OC)c(C(=O)NCCCOc2ccc(C(=O)NO)cc2)c1. The van der Waals surface area contributed by atoms with Crippen molar-refractivity contribution in [3.05, 3.63) is 65.2 Å². The number of carbonyl (C=O) groups excluding carboxylic acids is 2. The van der Waals surface area contributed by atoms with Crippen LogP contribution in [0.25, 0.3) is 6.08 Å². The van der Waals surface area contributed by atoms with E-state index in [2.05, 4.69) is 5.32 Å². The van der Waals surface area contributed by atoms with Crippen LogP contribution >= 0.6 is 0 Å². The van der Waals surface area contributed by atoms with Gasteiger partial charge in [0.2, 0.25) is 0 Å². The zero-order valence-corrected chi connectivity index (χ0v) is 15.9. The lowest BCUT2D eigenvalue weighted by atomic mass is 10.1. The molecule has 0 aromatic heterocycles. The molecule has 0 aliphatic heterocycles. The Labute approximate surface area is 163 Å². The topological polar surface area (TPSA) is 96.9 Å². The van der Waals surface area contributed by atoms with Gasteiger partial charge in [-0.25, -0.2) is 5.48 Å². The third kappa shape index (κ3) is 5.85. The first-order valence-corrected chi connectivity index (χ1v) is 8.85. The van der Waals surface area contributed by atoms with Gasteiger partial charge in [-0.15, -0.1) is 0 Å². The quantitative estimate of drug-likeness (QED) is 0.351. The maximum atomic E-state index is 12.4. The Hall–Kier alpha value is -3.32. The zero-order valence-electron chi connectivity index (χ0n) is 15.9. The summed E-state index contributed by atoms with van der Waals surface area (Å²) < 4.78 is 10.8. The number of allylic oxidation sites excluding steroid dienone is 1. The van der Waals surface area contributed by atoms with Crippen molar-refractivity contribution in [2.24, 2.45) is 0 Å². The molecule has 0 heterocycles. The molecule has 0 radical (unpaired) electrons. The molecule has 2 aromatic carbocycles. The van der Waals surface area contributed by atoms with E-state index in [1.54, 1.807) is 41.9 Å². The molecule has 0 aliphatic rings. The highest BCUT2D eigenvalue weighted by Gasteiger charge is 2.12. The van der Waals surface area contributed by atoms with Crippen LogP contribution in [-0.2, 0) is 0 Å². The van der Waals surface area contributed by atoms with Gasteiger partial charge >= 0.3 is 0 Å². The summed E-state index contributed by atoms with van der Waals surface area (Å²) in [6.07, 6.45) is 4.44. The van der Waals surface area contributed by atoms with Crippen LogP contribution in [0, 0.1) is 0 Å². The summed E-state index contributed by atoms with van der Waals surface area (Å²) in [4.78, 5) is 23.7. The molecule has 7 heteroatoms. The van der Waals surface area contributed by atoms with Crippen LogP contribution in [0.1, 0.15) is 39.6 Å². The van der Waals surface area contributed by atoms with Crippen molar-refractivity contribution in [1.82, 2.24) is 10.8 Å². The number of ether oxygens (including phenoxy) is 2. The smallest absolute Gasteiger partial charge is 0.274 e. The Bertz CT molecular complexity index is 831. The number of nitrogens with one attached hydrogen (secondary N) is 2. The Morgan fingerprint density at radius 2 is 1.86 bits per heavy atom. The fraction of sp³-hybridized carbons (Fsp3) is 0.238. The number of hydroxylamine groups is 1. The summed E-state index contributed by atoms with van der Waals surface area (Å²) in [5, 5.41) is 11.4. The van der Waals surface area contributed by atoms with Gasteiger partial charge in [0.25, 0.3) is 11.8 Å². The van der Waals surface area contributed by atoms with E-state index in [-0.39, 0.29) is 5.91 Å². The van der Waals surface area contributed by atoms with Crippen molar-refractivity contribution in [2.75, 3.05) is 20.3 Å². The summed E-state index contributed by atoms with van der Waals surface area (Å²) in [7, 11) is 1.53. The molecule has 2 rings (SSSR count). The summed E-state index contributed by atoms with van der Waals surface area (Å²) >= 11 is 0. The molecule has 0 saturated heterocycles. The Morgan fingerprint density at radius 3 is 2.50 bits per heavy atom. The van der Waals surface area contributed by atoms with Gasteiger partial charge in [0.15, 0.2) is 0 Å². The molecular formula is C21H24N2O5. The van der Waals surface area contributed by atoms with E-state index < -0.39 is 5.91 Å². The Morgan fingerprint density at radius 1 is 1.11 bits per heavy atom. The Kier molecular flexibility index (Phi) is 8.05. The molecule has 0 unspecified atom stereocenters. The monoisotopic (exact) mass is 384 g/mol. The van der Waals surface area contributed by atoms with Gasteiger partial charge in [-0.1, -0.05) is 18.2 Å². The van der Waals surface area contributed by atoms with E-state index in [4.69, 9.17) is 14.7 Å². The van der Waals surface area contributed by atoms with Gasteiger partial charge in [-0.05, 0) is 55.3 Å². The molecule has 2 amide bonds. The van der Waals surface area contributed by atoms with Crippen LogP contribution in [0.2, 0.25) is 0 Å². The molecule has 0 fully saturated rings. The van der Waals surface area contributed by atoms with Crippen molar-refractivity contribution >= 4 is 17.9 Å². The van der Waals surface area contributed by atoms with Crippen molar-refractivity contribution in [1.29, 1.82) is 0 Å². The highest BCUT2D eigenvalue weighted by atomic mass is 16.5. The molecule has 0 saturated carbocycles. The van der Waals surface area contributed by atoms with E-state index in [1.807, 2.05) is 25.1 Å². The van der Waals surface area contributed by atoms with E-state index in [0.29, 0.717) is 42.2 Å². The lowest BCUT2D eigenvalue weighted by Gasteiger charge is -2.11. The summed E-state index contributed by atoms with van der Waals surface area (Å²) in [6.45, 7) is 2.77. The predicted molar refractivity (Wildman–Crippen MR) is 106 cm³/mol. The number of hydrogen-bond acceptors (Lipinski definition) is 5. The number of methoxy groups -OCH3 is 1. The molecule has 148 valence electrons. The van der Waals surface area contributed by atoms with Gasteiger partial charge < -0.3 is 14.8 Å². The van der Waals surface area contributed by atoms with E-state index in [0.717, 1.165) is 5.56 Å². The van der Waals surface area contributed by atoms with Gasteiger partial charge in [0.1, 0.15) is 11.5 Å². The van der Waals surface area contributed by atoms with Gasteiger partial charge in [-0.2, -0.15) is 0 Å². The first-order valence-electron chi connectivity index (χ1n) is 8.85. The molecule has 0 spiro atoms. The minimum atomic E-state index is -0.580. The van der Waals surface area contributed by atoms with Crippen molar-refractivity contribution < 1.29 is 24.3 Å². The van der Waals surface area contributed by atoms with Crippen LogP contribution in [0.4, 0.5) is 0 Å². The first-order chi connectivity index (χ1) is 13.6. The molecule has 2 aromatic rings. The van der Waals surface area contributed by atoms with E-state index >= 15 is 0 Å². The van der Waals surface area contributed by atoms with Crippen LogP contribution < -0.4 is 20.3 Å². The summed E-state index contributed by atoms with van der Waals surface area (Å²) in [5.41, 5.74) is 3.31. The molecular weight excluding hydrogens is 360 g/mol. The average molecular weight is 384 g/mol. The van der Waals surface area contributed by atoms with Crippen molar-refractivity contribution in [2.45, 2.75) is 13.3 Å². The van der Waals surface area contributed by atoms with Crippen molar-refractivity contribution in [3.63, 3.8) is 0 Å². The molecule has 3 N–H and O–H groups in total. The molecule has 0 bridgehead atoms. The van der Waals surface area contributed by atoms with Crippen LogP contribution in [-0.4, -0.2) is 37.3 Å². The summed E-state index contributed by atoms with van der Waals surface area (Å²) in [6, 6.07) is 11.8. The molecule has 7 nitrogen and oxygen atoms in total. The maximum absolute atomic E-state index is 12.4. The second kappa shape index (κ2) is 10.7. The fourth-order valence-electron chi connectivity index (χ4n) is 2.53. The summed E-state index contributed by atoms with van der Waals surface area (Å²) in [5.74, 6) is 0.335. The average Bonchev–Trinajstić information content (AvgIpc) is 2.73. The number of amides is 2. The normalized spacial score (nSPS) is 10.5. The molecule has 0 atom stereocenters. The highest BCUT2D eigenvalue weighted by molar-refractivity contribution is 5.97. The second-order valence-corrected chi connectivity index (χ2v) is 5.88. The third-order valence-electron chi connectivity index (χ3n) is 3.92. The lowest BCUT2D eigenvalue weighted by Crippen LogP contribution is -2.26. The van der Waals surface area contributed by atoms with Crippen molar-refractivity contribution in [3.8, 4) is 11.5 Å². The minimum absolute atomic E-state index is 0.206.